The van der Waals surface area contributed by atoms with Crippen molar-refractivity contribution in [3.63, 3.8) is 0 Å². The lowest BCUT2D eigenvalue weighted by Crippen LogP contribution is -2.33. The van der Waals surface area contributed by atoms with Crippen LogP contribution in [0.2, 0.25) is 5.02 Å². The molecule has 4 rings (SSSR count). The molecule has 2 aromatic rings. The Balaban J connectivity index is 1.47. The van der Waals surface area contributed by atoms with Crippen LogP contribution in [-0.4, -0.2) is 51.8 Å². The van der Waals surface area contributed by atoms with Gasteiger partial charge in [0, 0.05) is 12.3 Å². The number of ether oxygens (including phenoxy) is 2. The van der Waals surface area contributed by atoms with E-state index in [0.717, 1.165) is 42.7 Å². The summed E-state index contributed by atoms with van der Waals surface area (Å²) in [6.45, 7) is 2.05. The van der Waals surface area contributed by atoms with Crippen LogP contribution in [-0.2, 0) is 14.6 Å². The van der Waals surface area contributed by atoms with E-state index < -0.39 is 9.84 Å². The predicted molar refractivity (Wildman–Crippen MR) is 114 cm³/mol. The predicted octanol–water partition coefficient (Wildman–Crippen LogP) is 3.29. The zero-order valence-electron chi connectivity index (χ0n) is 16.6. The zero-order valence-corrected chi connectivity index (χ0v) is 18.1. The third-order valence-corrected chi connectivity index (χ3v) is 6.74. The van der Waals surface area contributed by atoms with E-state index >= 15 is 0 Å². The van der Waals surface area contributed by atoms with Crippen LogP contribution in [0.1, 0.15) is 24.4 Å². The molecule has 9 heteroatoms. The van der Waals surface area contributed by atoms with Crippen molar-refractivity contribution in [2.24, 2.45) is 0 Å². The van der Waals surface area contributed by atoms with Crippen molar-refractivity contribution in [1.82, 2.24) is 4.90 Å². The van der Waals surface area contributed by atoms with Crippen molar-refractivity contribution >= 4 is 33.0 Å². The van der Waals surface area contributed by atoms with E-state index in [4.69, 9.17) is 21.1 Å². The maximum atomic E-state index is 12.7. The minimum Gasteiger partial charge on any atom is -0.486 e. The number of anilines is 1. The summed E-state index contributed by atoms with van der Waals surface area (Å²) < 4.78 is 34.8. The van der Waals surface area contributed by atoms with Crippen molar-refractivity contribution in [3.05, 3.63) is 47.0 Å². The molecule has 30 heavy (non-hydrogen) atoms. The van der Waals surface area contributed by atoms with Gasteiger partial charge in [0.05, 0.1) is 22.2 Å². The first-order valence-electron chi connectivity index (χ1n) is 9.74. The van der Waals surface area contributed by atoms with E-state index in [1.165, 1.54) is 18.2 Å². The van der Waals surface area contributed by atoms with Crippen LogP contribution < -0.4 is 14.8 Å². The van der Waals surface area contributed by atoms with Crippen LogP contribution in [0.25, 0.3) is 0 Å². The molecule has 2 heterocycles. The van der Waals surface area contributed by atoms with Gasteiger partial charge in [-0.3, -0.25) is 9.69 Å². The van der Waals surface area contributed by atoms with Crippen molar-refractivity contribution in [3.8, 4) is 11.5 Å². The van der Waals surface area contributed by atoms with Gasteiger partial charge in [0.15, 0.2) is 21.3 Å². The Hall–Kier alpha value is -2.29. The number of hydrogen-bond acceptors (Lipinski definition) is 6. The molecule has 0 aliphatic carbocycles. The Kier molecular flexibility index (Phi) is 5.90. The van der Waals surface area contributed by atoms with E-state index in [-0.39, 0.29) is 23.4 Å². The number of halogens is 1. The monoisotopic (exact) mass is 450 g/mol. The van der Waals surface area contributed by atoms with Gasteiger partial charge in [-0.15, -0.1) is 0 Å². The molecular weight excluding hydrogens is 428 g/mol. The Morgan fingerprint density at radius 1 is 1.17 bits per heavy atom. The minimum absolute atomic E-state index is 0.101. The number of rotatable bonds is 5. The molecule has 0 unspecified atom stereocenters. The third-order valence-electron chi connectivity index (χ3n) is 5.30. The van der Waals surface area contributed by atoms with E-state index in [9.17, 15) is 13.2 Å². The number of carbonyl (C=O) groups is 1. The number of hydrogen-bond donors (Lipinski definition) is 1. The summed E-state index contributed by atoms with van der Waals surface area (Å²) in [6, 6.07) is 10.3. The number of carbonyl (C=O) groups excluding carboxylic acids is 1. The summed E-state index contributed by atoms with van der Waals surface area (Å²) in [7, 11) is -3.40. The van der Waals surface area contributed by atoms with Crippen molar-refractivity contribution in [2.45, 2.75) is 23.8 Å². The molecule has 0 radical (unpaired) electrons. The van der Waals surface area contributed by atoms with E-state index in [1.54, 1.807) is 0 Å². The summed E-state index contributed by atoms with van der Waals surface area (Å²) >= 11 is 6.15. The highest BCUT2D eigenvalue weighted by Gasteiger charge is 2.29. The number of nitrogens with one attached hydrogen (secondary N) is 1. The van der Waals surface area contributed by atoms with Gasteiger partial charge in [-0.05, 0) is 55.3 Å². The number of fused-ring (bicyclic) bond motifs is 1. The molecule has 1 fully saturated rings. The zero-order chi connectivity index (χ0) is 21.3. The number of amides is 1. The highest BCUT2D eigenvalue weighted by atomic mass is 35.5. The summed E-state index contributed by atoms with van der Waals surface area (Å²) in [5, 5.41) is 3.04. The molecule has 0 spiro atoms. The SMILES string of the molecule is CS(=O)(=O)c1ccc(Cl)c(NC(=O)CN2CCC[C@@H]2c2ccc3c(c2)OCCO3)c1. The Labute approximate surface area is 180 Å². The first-order valence-corrected chi connectivity index (χ1v) is 12.0. The van der Waals surface area contributed by atoms with Gasteiger partial charge < -0.3 is 14.8 Å². The fourth-order valence-electron chi connectivity index (χ4n) is 3.87. The Morgan fingerprint density at radius 3 is 2.70 bits per heavy atom. The van der Waals surface area contributed by atoms with Crippen LogP contribution in [0.3, 0.4) is 0 Å². The molecule has 0 bridgehead atoms. The summed E-state index contributed by atoms with van der Waals surface area (Å²) in [5.41, 5.74) is 1.38. The van der Waals surface area contributed by atoms with Gasteiger partial charge in [-0.2, -0.15) is 0 Å². The number of benzene rings is 2. The van der Waals surface area contributed by atoms with Gasteiger partial charge in [0.1, 0.15) is 13.2 Å². The van der Waals surface area contributed by atoms with Crippen molar-refractivity contribution in [2.75, 3.05) is 37.9 Å². The second-order valence-corrected chi connectivity index (χ2v) is 9.92. The van der Waals surface area contributed by atoms with Crippen LogP contribution in [0.5, 0.6) is 11.5 Å². The van der Waals surface area contributed by atoms with E-state index in [0.29, 0.717) is 23.9 Å². The lowest BCUT2D eigenvalue weighted by Gasteiger charge is -2.26. The molecule has 1 saturated heterocycles. The average Bonchev–Trinajstić information content (AvgIpc) is 3.16. The van der Waals surface area contributed by atoms with Crippen molar-refractivity contribution < 1.29 is 22.7 Å². The van der Waals surface area contributed by atoms with Gasteiger partial charge in [-0.25, -0.2) is 8.42 Å². The second-order valence-electron chi connectivity index (χ2n) is 7.49. The van der Waals surface area contributed by atoms with Gasteiger partial charge in [0.25, 0.3) is 0 Å². The first-order chi connectivity index (χ1) is 14.3. The molecule has 2 aliphatic heterocycles. The summed E-state index contributed by atoms with van der Waals surface area (Å²) in [4.78, 5) is 14.9. The fourth-order valence-corrected chi connectivity index (χ4v) is 4.68. The van der Waals surface area contributed by atoms with Crippen LogP contribution in [0, 0.1) is 0 Å². The number of likely N-dealkylation sites (tertiary alicyclic amines) is 1. The molecular formula is C21H23ClN2O5S. The highest BCUT2D eigenvalue weighted by Crippen LogP contribution is 2.38. The Bertz CT molecular complexity index is 1070. The van der Waals surface area contributed by atoms with E-state index in [1.807, 2.05) is 18.2 Å². The number of sulfone groups is 1. The van der Waals surface area contributed by atoms with Gasteiger partial charge in [0.2, 0.25) is 5.91 Å². The lowest BCUT2D eigenvalue weighted by atomic mass is 10.0. The topological polar surface area (TPSA) is 84.9 Å². The van der Waals surface area contributed by atoms with Gasteiger partial charge in [-0.1, -0.05) is 17.7 Å². The standard InChI is InChI=1S/C21H23ClN2O5S/c1-30(26,27)15-5-6-16(22)17(12-15)23-21(25)13-24-8-2-3-18(24)14-4-7-19-20(11-14)29-10-9-28-19/h4-7,11-12,18H,2-3,8-10,13H2,1H3,(H,23,25)/t18-/m1/s1. The normalized spacial score (nSPS) is 18.9. The molecule has 0 aromatic heterocycles. The van der Waals surface area contributed by atoms with Crippen LogP contribution in [0.15, 0.2) is 41.3 Å². The molecule has 1 amide bonds. The van der Waals surface area contributed by atoms with Crippen LogP contribution >= 0.6 is 11.6 Å². The maximum Gasteiger partial charge on any atom is 0.238 e. The van der Waals surface area contributed by atoms with Crippen molar-refractivity contribution in [1.29, 1.82) is 0 Å². The highest BCUT2D eigenvalue weighted by molar-refractivity contribution is 7.90. The molecule has 160 valence electrons. The van der Waals surface area contributed by atoms with Crippen LogP contribution in [0.4, 0.5) is 5.69 Å². The Morgan fingerprint density at radius 2 is 1.93 bits per heavy atom. The summed E-state index contributed by atoms with van der Waals surface area (Å²) in [6.07, 6.45) is 3.04. The molecule has 7 nitrogen and oxygen atoms in total. The lowest BCUT2D eigenvalue weighted by molar-refractivity contribution is -0.117. The van der Waals surface area contributed by atoms with E-state index in [2.05, 4.69) is 10.2 Å². The molecule has 1 N–H and O–H groups in total. The minimum atomic E-state index is -3.40. The smallest absolute Gasteiger partial charge is 0.238 e. The quantitative estimate of drug-likeness (QED) is 0.752. The summed E-state index contributed by atoms with van der Waals surface area (Å²) in [5.74, 6) is 1.24. The first kappa shape index (κ1) is 21.0. The third kappa shape index (κ3) is 4.55. The maximum absolute atomic E-state index is 12.7. The second kappa shape index (κ2) is 8.45. The molecule has 2 aliphatic rings. The molecule has 1 atom stereocenters. The number of nitrogens with zero attached hydrogens (tertiary/aromatic N) is 1. The largest absolute Gasteiger partial charge is 0.486 e. The fraction of sp³-hybridized carbons (Fsp3) is 0.381. The average molecular weight is 451 g/mol. The van der Waals surface area contributed by atoms with Gasteiger partial charge >= 0.3 is 0 Å². The molecule has 2 aromatic carbocycles. The molecule has 0 saturated carbocycles.